The highest BCUT2D eigenvalue weighted by Crippen LogP contribution is 2.32. The highest BCUT2D eigenvalue weighted by molar-refractivity contribution is 5.44. The fraction of sp³-hybridized carbons (Fsp3) is 0.190. The summed E-state index contributed by atoms with van der Waals surface area (Å²) in [6.07, 6.45) is 1.77. The summed E-state index contributed by atoms with van der Waals surface area (Å²) in [5, 5.41) is 3.45. The molecular weight excluding hydrogens is 328 g/mol. The Kier molecular flexibility index (Phi) is 4.98. The molecule has 0 bridgehead atoms. The predicted octanol–water partition coefficient (Wildman–Crippen LogP) is 3.68. The van der Waals surface area contributed by atoms with E-state index < -0.39 is 0 Å². The number of hydrogen-bond donors (Lipinski definition) is 1. The molecule has 5 nitrogen and oxygen atoms in total. The highest BCUT2D eigenvalue weighted by Gasteiger charge is 2.12. The van der Waals surface area contributed by atoms with Gasteiger partial charge in [-0.1, -0.05) is 24.3 Å². The summed E-state index contributed by atoms with van der Waals surface area (Å²) < 4.78 is 16.6. The molecule has 0 unspecified atom stereocenters. The first-order chi connectivity index (χ1) is 12.9. The lowest BCUT2D eigenvalue weighted by molar-refractivity contribution is 0.174. The molecule has 1 aromatic heterocycles. The van der Waals surface area contributed by atoms with Crippen LogP contribution in [0.3, 0.4) is 0 Å². The number of hydrogen-bond acceptors (Lipinski definition) is 5. The van der Waals surface area contributed by atoms with Crippen LogP contribution in [0.15, 0.2) is 66.9 Å². The van der Waals surface area contributed by atoms with Gasteiger partial charge >= 0.3 is 0 Å². The zero-order valence-electron chi connectivity index (χ0n) is 14.4. The van der Waals surface area contributed by atoms with E-state index in [9.17, 15) is 0 Å². The van der Waals surface area contributed by atoms with Gasteiger partial charge in [0.05, 0.1) is 5.69 Å². The topological polar surface area (TPSA) is 52.6 Å². The van der Waals surface area contributed by atoms with Crippen LogP contribution in [0.4, 0.5) is 0 Å². The summed E-state index contributed by atoms with van der Waals surface area (Å²) in [5.41, 5.74) is 3.25. The van der Waals surface area contributed by atoms with E-state index in [0.717, 1.165) is 41.6 Å². The first kappa shape index (κ1) is 16.4. The number of pyridine rings is 1. The average Bonchev–Trinajstić information content (AvgIpc) is 3.15. The molecule has 0 atom stereocenters. The monoisotopic (exact) mass is 348 g/mol. The normalized spacial score (nSPS) is 12.2. The molecule has 132 valence electrons. The molecule has 0 fully saturated rings. The molecule has 1 N–H and O–H groups in total. The van der Waals surface area contributed by atoms with Gasteiger partial charge in [0.25, 0.3) is 0 Å². The first-order valence-electron chi connectivity index (χ1n) is 8.58. The molecule has 26 heavy (non-hydrogen) atoms. The van der Waals surface area contributed by atoms with Gasteiger partial charge in [0, 0.05) is 19.3 Å². The molecule has 0 aliphatic carbocycles. The SMILES string of the molecule is c1ccc(COc2cccc(CNCc3ccc4c(c3)OCO4)c2)nc1. The molecule has 4 rings (SSSR count). The molecule has 2 heterocycles. The number of rotatable bonds is 7. The Morgan fingerprint density at radius 1 is 0.885 bits per heavy atom. The van der Waals surface area contributed by atoms with Crippen molar-refractivity contribution in [3.63, 3.8) is 0 Å². The van der Waals surface area contributed by atoms with E-state index >= 15 is 0 Å². The number of nitrogens with one attached hydrogen (secondary N) is 1. The highest BCUT2D eigenvalue weighted by atomic mass is 16.7. The van der Waals surface area contributed by atoms with Gasteiger partial charge in [0.2, 0.25) is 6.79 Å². The van der Waals surface area contributed by atoms with Crippen molar-refractivity contribution in [3.05, 3.63) is 83.7 Å². The van der Waals surface area contributed by atoms with Gasteiger partial charge in [0.15, 0.2) is 11.5 Å². The summed E-state index contributed by atoms with van der Waals surface area (Å²) in [6, 6.07) is 19.9. The molecule has 5 heteroatoms. The minimum absolute atomic E-state index is 0.303. The van der Waals surface area contributed by atoms with Crippen molar-refractivity contribution < 1.29 is 14.2 Å². The van der Waals surface area contributed by atoms with Gasteiger partial charge in [-0.15, -0.1) is 0 Å². The number of fused-ring (bicyclic) bond motifs is 1. The molecule has 0 radical (unpaired) electrons. The van der Waals surface area contributed by atoms with E-state index in [1.54, 1.807) is 6.20 Å². The Bertz CT molecular complexity index is 868. The molecular formula is C21H20N2O3. The Hall–Kier alpha value is -3.05. The lowest BCUT2D eigenvalue weighted by Crippen LogP contribution is -2.12. The van der Waals surface area contributed by atoms with Crippen LogP contribution in [0.25, 0.3) is 0 Å². The van der Waals surface area contributed by atoms with E-state index in [2.05, 4.69) is 22.4 Å². The number of benzene rings is 2. The Morgan fingerprint density at radius 3 is 2.65 bits per heavy atom. The van der Waals surface area contributed by atoms with E-state index in [1.807, 2.05) is 48.5 Å². The summed E-state index contributed by atoms with van der Waals surface area (Å²) in [4.78, 5) is 4.27. The fourth-order valence-electron chi connectivity index (χ4n) is 2.79. The van der Waals surface area contributed by atoms with Crippen molar-refractivity contribution in [3.8, 4) is 17.2 Å². The maximum Gasteiger partial charge on any atom is 0.231 e. The van der Waals surface area contributed by atoms with Crippen LogP contribution in [0.2, 0.25) is 0 Å². The average molecular weight is 348 g/mol. The van der Waals surface area contributed by atoms with Gasteiger partial charge in [-0.05, 0) is 47.5 Å². The molecule has 0 saturated carbocycles. The molecule has 0 saturated heterocycles. The van der Waals surface area contributed by atoms with Gasteiger partial charge < -0.3 is 19.5 Å². The lowest BCUT2D eigenvalue weighted by atomic mass is 10.2. The summed E-state index contributed by atoms with van der Waals surface area (Å²) in [6.45, 7) is 2.29. The smallest absolute Gasteiger partial charge is 0.231 e. The van der Waals surface area contributed by atoms with Crippen molar-refractivity contribution in [2.24, 2.45) is 0 Å². The summed E-state index contributed by atoms with van der Waals surface area (Å²) in [7, 11) is 0. The number of ether oxygens (including phenoxy) is 3. The summed E-state index contributed by atoms with van der Waals surface area (Å²) in [5.74, 6) is 2.47. The second-order valence-electron chi connectivity index (χ2n) is 6.05. The van der Waals surface area contributed by atoms with E-state index in [0.29, 0.717) is 13.4 Å². The third kappa shape index (κ3) is 4.13. The van der Waals surface area contributed by atoms with Crippen molar-refractivity contribution in [1.29, 1.82) is 0 Å². The third-order valence-corrected chi connectivity index (χ3v) is 4.11. The molecule has 1 aliphatic heterocycles. The lowest BCUT2D eigenvalue weighted by Gasteiger charge is -2.09. The van der Waals surface area contributed by atoms with Gasteiger partial charge in [-0.3, -0.25) is 4.98 Å². The van der Waals surface area contributed by atoms with Crippen molar-refractivity contribution in [1.82, 2.24) is 10.3 Å². The Labute approximate surface area is 152 Å². The number of nitrogens with zero attached hydrogens (tertiary/aromatic N) is 1. The quantitative estimate of drug-likeness (QED) is 0.706. The third-order valence-electron chi connectivity index (χ3n) is 4.11. The van der Waals surface area contributed by atoms with Crippen LogP contribution in [0.5, 0.6) is 17.2 Å². The second-order valence-corrected chi connectivity index (χ2v) is 6.05. The van der Waals surface area contributed by atoms with E-state index in [4.69, 9.17) is 14.2 Å². The standard InChI is InChI=1S/C21H20N2O3/c1-2-9-23-18(5-1)14-24-19-6-3-4-16(10-19)12-22-13-17-7-8-20-21(11-17)26-15-25-20/h1-11,22H,12-15H2. The van der Waals surface area contributed by atoms with Gasteiger partial charge in [-0.25, -0.2) is 0 Å². The molecule has 0 spiro atoms. The molecule has 0 amide bonds. The molecule has 3 aromatic rings. The fourth-order valence-corrected chi connectivity index (χ4v) is 2.79. The second kappa shape index (κ2) is 7.89. The zero-order chi connectivity index (χ0) is 17.6. The zero-order valence-corrected chi connectivity index (χ0v) is 14.4. The van der Waals surface area contributed by atoms with Crippen LogP contribution in [-0.2, 0) is 19.7 Å². The van der Waals surface area contributed by atoms with Gasteiger partial charge in [-0.2, -0.15) is 0 Å². The van der Waals surface area contributed by atoms with Gasteiger partial charge in [0.1, 0.15) is 12.4 Å². The van der Waals surface area contributed by atoms with Crippen molar-refractivity contribution in [2.75, 3.05) is 6.79 Å². The van der Waals surface area contributed by atoms with E-state index in [-0.39, 0.29) is 0 Å². The van der Waals surface area contributed by atoms with Crippen LogP contribution < -0.4 is 19.5 Å². The largest absolute Gasteiger partial charge is 0.487 e. The maximum atomic E-state index is 5.83. The van der Waals surface area contributed by atoms with Crippen molar-refractivity contribution in [2.45, 2.75) is 19.7 Å². The first-order valence-corrected chi connectivity index (χ1v) is 8.58. The van der Waals surface area contributed by atoms with Crippen LogP contribution >= 0.6 is 0 Å². The van der Waals surface area contributed by atoms with Crippen LogP contribution in [-0.4, -0.2) is 11.8 Å². The maximum absolute atomic E-state index is 5.83. The Balaban J connectivity index is 1.29. The summed E-state index contributed by atoms with van der Waals surface area (Å²) >= 11 is 0. The van der Waals surface area contributed by atoms with E-state index in [1.165, 1.54) is 5.56 Å². The molecule has 1 aliphatic rings. The molecule has 2 aromatic carbocycles. The minimum Gasteiger partial charge on any atom is -0.487 e. The predicted molar refractivity (Wildman–Crippen MR) is 98.1 cm³/mol. The minimum atomic E-state index is 0.303. The number of aromatic nitrogens is 1. The van der Waals surface area contributed by atoms with Crippen molar-refractivity contribution >= 4 is 0 Å². The Morgan fingerprint density at radius 2 is 1.77 bits per heavy atom. The van der Waals surface area contributed by atoms with Crippen LogP contribution in [0.1, 0.15) is 16.8 Å². The van der Waals surface area contributed by atoms with Crippen LogP contribution in [0, 0.1) is 0 Å².